The van der Waals surface area contributed by atoms with E-state index in [-0.39, 0.29) is 31.2 Å². The highest BCUT2D eigenvalue weighted by Crippen LogP contribution is 2.03. The third kappa shape index (κ3) is 5.06. The lowest BCUT2D eigenvalue weighted by Crippen LogP contribution is -2.37. The molecule has 1 heterocycles. The van der Waals surface area contributed by atoms with E-state index in [2.05, 4.69) is 27.5 Å². The fraction of sp³-hybridized carbons (Fsp3) is 0.250. The number of nitrogens with two attached hydrogens (primary N) is 2. The maximum absolute atomic E-state index is 11.9. The largest absolute Gasteiger partial charge is 0.352 e. The number of nitrogens with zero attached hydrogens (tertiary/aromatic N) is 1. The normalized spacial score (nSPS) is 9.11. The van der Waals surface area contributed by atoms with Crippen LogP contribution in [-0.4, -0.2) is 36.6 Å². The minimum Gasteiger partial charge on any atom is -0.352 e. The molecule has 1 aromatic rings. The van der Waals surface area contributed by atoms with E-state index in [0.717, 1.165) is 0 Å². The summed E-state index contributed by atoms with van der Waals surface area (Å²) in [6.07, 6.45) is 1.50. The number of primary amides is 1. The summed E-state index contributed by atoms with van der Waals surface area (Å²) in [6, 6.07) is 2.74. The predicted molar refractivity (Wildman–Crippen MR) is 70.1 cm³/mol. The van der Waals surface area contributed by atoms with Gasteiger partial charge in [-0.15, -0.1) is 0 Å². The van der Waals surface area contributed by atoms with Crippen molar-refractivity contribution in [3.05, 3.63) is 29.6 Å². The van der Waals surface area contributed by atoms with E-state index in [4.69, 9.17) is 11.5 Å². The second-order valence-electron chi connectivity index (χ2n) is 3.45. The molecule has 6 N–H and O–H groups in total. The number of rotatable bonds is 4. The molecule has 0 fully saturated rings. The summed E-state index contributed by atoms with van der Waals surface area (Å²) in [5.41, 5.74) is 10.9. The molecule has 0 aliphatic rings. The predicted octanol–water partition coefficient (Wildman–Crippen LogP) is -1.21. The summed E-state index contributed by atoms with van der Waals surface area (Å²) in [5.74, 6) is 5.07. The van der Waals surface area contributed by atoms with Crippen molar-refractivity contribution in [1.82, 2.24) is 15.6 Å². The summed E-state index contributed by atoms with van der Waals surface area (Å²) in [6.45, 7) is 0.707. The van der Waals surface area contributed by atoms with Crippen molar-refractivity contribution in [2.24, 2.45) is 11.5 Å². The molecule has 7 nitrogen and oxygen atoms in total. The molecule has 3 amide bonds. The molecule has 19 heavy (non-hydrogen) atoms. The van der Waals surface area contributed by atoms with Gasteiger partial charge in [0.2, 0.25) is 0 Å². The SMILES string of the molecule is NCC#Cc1cccnc1C(=O)NCCNC(N)=O. The van der Waals surface area contributed by atoms with Crippen molar-refractivity contribution < 1.29 is 9.59 Å². The first-order valence-electron chi connectivity index (χ1n) is 5.60. The molecule has 0 radical (unpaired) electrons. The minimum atomic E-state index is -0.637. The highest BCUT2D eigenvalue weighted by atomic mass is 16.2. The Kier molecular flexibility index (Phi) is 5.85. The van der Waals surface area contributed by atoms with Crippen molar-refractivity contribution in [2.45, 2.75) is 0 Å². The van der Waals surface area contributed by atoms with Crippen LogP contribution in [0.25, 0.3) is 0 Å². The number of hydrogen-bond acceptors (Lipinski definition) is 4. The molecule has 0 spiro atoms. The molecule has 0 bridgehead atoms. The molecule has 0 aromatic carbocycles. The zero-order valence-corrected chi connectivity index (χ0v) is 10.3. The zero-order valence-electron chi connectivity index (χ0n) is 10.3. The standard InChI is InChI=1S/C12H15N5O2/c13-5-1-3-9-4-2-6-15-10(9)11(18)16-7-8-17-12(14)19/h2,4,6H,5,7-8,13H2,(H,16,18)(H3,14,17,19). The highest BCUT2D eigenvalue weighted by molar-refractivity contribution is 5.94. The number of aromatic nitrogens is 1. The Labute approximate surface area is 110 Å². The molecule has 0 aliphatic carbocycles. The molecule has 0 unspecified atom stereocenters. The van der Waals surface area contributed by atoms with E-state index in [0.29, 0.717) is 5.56 Å². The van der Waals surface area contributed by atoms with Crippen molar-refractivity contribution in [3.63, 3.8) is 0 Å². The van der Waals surface area contributed by atoms with Crippen molar-refractivity contribution in [2.75, 3.05) is 19.6 Å². The summed E-state index contributed by atoms with van der Waals surface area (Å²) in [7, 11) is 0. The highest BCUT2D eigenvalue weighted by Gasteiger charge is 2.10. The number of hydrogen-bond donors (Lipinski definition) is 4. The summed E-state index contributed by atoms with van der Waals surface area (Å²) < 4.78 is 0. The van der Waals surface area contributed by atoms with Crippen LogP contribution in [0, 0.1) is 11.8 Å². The summed E-state index contributed by atoms with van der Waals surface area (Å²) in [4.78, 5) is 26.3. The van der Waals surface area contributed by atoms with Gasteiger partial charge in [-0.2, -0.15) is 0 Å². The van der Waals surface area contributed by atoms with E-state index in [9.17, 15) is 9.59 Å². The molecule has 7 heteroatoms. The first-order chi connectivity index (χ1) is 9.15. The van der Waals surface area contributed by atoms with Gasteiger partial charge in [0.1, 0.15) is 5.69 Å². The van der Waals surface area contributed by atoms with Crippen molar-refractivity contribution in [3.8, 4) is 11.8 Å². The third-order valence-electron chi connectivity index (χ3n) is 2.06. The van der Waals surface area contributed by atoms with Crippen LogP contribution in [0.3, 0.4) is 0 Å². The van der Waals surface area contributed by atoms with Gasteiger partial charge in [0, 0.05) is 19.3 Å². The van der Waals surface area contributed by atoms with Crippen molar-refractivity contribution in [1.29, 1.82) is 0 Å². The Morgan fingerprint density at radius 3 is 2.74 bits per heavy atom. The molecule has 0 aliphatic heterocycles. The van der Waals surface area contributed by atoms with Crippen LogP contribution in [0.1, 0.15) is 16.1 Å². The first-order valence-corrected chi connectivity index (χ1v) is 5.60. The van der Waals surface area contributed by atoms with Crippen LogP contribution in [0.4, 0.5) is 4.79 Å². The van der Waals surface area contributed by atoms with Crippen LogP contribution in [0.15, 0.2) is 18.3 Å². The third-order valence-corrected chi connectivity index (χ3v) is 2.06. The van der Waals surface area contributed by atoms with Gasteiger partial charge in [-0.1, -0.05) is 11.8 Å². The van der Waals surface area contributed by atoms with Gasteiger partial charge < -0.3 is 22.1 Å². The second kappa shape index (κ2) is 7.68. The van der Waals surface area contributed by atoms with E-state index in [1.807, 2.05) is 0 Å². The van der Waals surface area contributed by atoms with E-state index >= 15 is 0 Å². The number of carbonyl (C=O) groups is 2. The number of amides is 3. The second-order valence-corrected chi connectivity index (χ2v) is 3.45. The lowest BCUT2D eigenvalue weighted by Gasteiger charge is -2.06. The van der Waals surface area contributed by atoms with Gasteiger partial charge in [-0.3, -0.25) is 4.79 Å². The molecule has 0 saturated heterocycles. The van der Waals surface area contributed by atoms with Crippen LogP contribution in [0.2, 0.25) is 0 Å². The maximum atomic E-state index is 11.9. The summed E-state index contributed by atoms with van der Waals surface area (Å²) >= 11 is 0. The molecule has 100 valence electrons. The number of nitrogens with one attached hydrogen (secondary N) is 2. The Balaban J connectivity index is 2.63. The van der Waals surface area contributed by atoms with E-state index < -0.39 is 6.03 Å². The van der Waals surface area contributed by atoms with Gasteiger partial charge in [0.05, 0.1) is 12.1 Å². The fourth-order valence-corrected chi connectivity index (χ4v) is 1.28. The smallest absolute Gasteiger partial charge is 0.312 e. The molecule has 1 rings (SSSR count). The van der Waals surface area contributed by atoms with Crippen LogP contribution in [0.5, 0.6) is 0 Å². The Hall–Kier alpha value is -2.59. The Morgan fingerprint density at radius 1 is 1.32 bits per heavy atom. The average molecular weight is 261 g/mol. The van der Waals surface area contributed by atoms with Crippen LogP contribution < -0.4 is 22.1 Å². The van der Waals surface area contributed by atoms with Crippen molar-refractivity contribution >= 4 is 11.9 Å². The van der Waals surface area contributed by atoms with E-state index in [1.165, 1.54) is 6.20 Å². The van der Waals surface area contributed by atoms with E-state index in [1.54, 1.807) is 12.1 Å². The fourth-order valence-electron chi connectivity index (χ4n) is 1.28. The van der Waals surface area contributed by atoms with Crippen LogP contribution >= 0.6 is 0 Å². The lowest BCUT2D eigenvalue weighted by molar-refractivity contribution is 0.0948. The number of urea groups is 1. The maximum Gasteiger partial charge on any atom is 0.312 e. The monoisotopic (exact) mass is 261 g/mol. The first kappa shape index (κ1) is 14.5. The molecule has 1 aromatic heterocycles. The average Bonchev–Trinajstić information content (AvgIpc) is 2.41. The number of pyridine rings is 1. The zero-order chi connectivity index (χ0) is 14.1. The van der Waals surface area contributed by atoms with Gasteiger partial charge in [-0.25, -0.2) is 9.78 Å². The van der Waals surface area contributed by atoms with Gasteiger partial charge >= 0.3 is 6.03 Å². The van der Waals surface area contributed by atoms with Gasteiger partial charge in [0.25, 0.3) is 5.91 Å². The topological polar surface area (TPSA) is 123 Å². The molecular weight excluding hydrogens is 246 g/mol. The lowest BCUT2D eigenvalue weighted by atomic mass is 10.2. The Morgan fingerprint density at radius 2 is 2.05 bits per heavy atom. The summed E-state index contributed by atoms with van der Waals surface area (Å²) in [5, 5.41) is 4.96. The van der Waals surface area contributed by atoms with Crippen LogP contribution in [-0.2, 0) is 0 Å². The molecule has 0 atom stereocenters. The molecule has 0 saturated carbocycles. The minimum absolute atomic E-state index is 0.207. The number of carbonyl (C=O) groups excluding carboxylic acids is 2. The van der Waals surface area contributed by atoms with Gasteiger partial charge in [-0.05, 0) is 12.1 Å². The Bertz CT molecular complexity index is 518. The quantitative estimate of drug-likeness (QED) is 0.401. The van der Waals surface area contributed by atoms with Gasteiger partial charge in [0.15, 0.2) is 0 Å². The molecular formula is C12H15N5O2.